The first-order valence-corrected chi connectivity index (χ1v) is 6.97. The van der Waals surface area contributed by atoms with Gasteiger partial charge in [0.2, 0.25) is 5.91 Å². The van der Waals surface area contributed by atoms with Gasteiger partial charge in [-0.1, -0.05) is 6.07 Å². The van der Waals surface area contributed by atoms with Crippen LogP contribution in [0, 0.1) is 6.92 Å². The Labute approximate surface area is 117 Å². The van der Waals surface area contributed by atoms with Crippen molar-refractivity contribution in [2.24, 2.45) is 5.73 Å². The van der Waals surface area contributed by atoms with Crippen molar-refractivity contribution in [2.45, 2.75) is 13.0 Å². The van der Waals surface area contributed by atoms with E-state index < -0.39 is 6.04 Å². The van der Waals surface area contributed by atoms with Gasteiger partial charge in [0.05, 0.1) is 0 Å². The predicted molar refractivity (Wildman–Crippen MR) is 76.6 cm³/mol. The standard InChI is InChI=1S/C12H12BrN3OS/c1-7-5-10(15-6-8(7)13)16-12(17)11(14)9-3-2-4-18-9/h2-6,11H,14H2,1H3,(H,15,16,17). The second-order valence-corrected chi connectivity index (χ2v) is 5.63. The summed E-state index contributed by atoms with van der Waals surface area (Å²) in [6.45, 7) is 1.93. The maximum Gasteiger partial charge on any atom is 0.247 e. The van der Waals surface area contributed by atoms with E-state index in [9.17, 15) is 4.79 Å². The summed E-state index contributed by atoms with van der Waals surface area (Å²) in [5.74, 6) is 0.249. The number of thiophene rings is 1. The van der Waals surface area contributed by atoms with Gasteiger partial charge in [-0.2, -0.15) is 0 Å². The van der Waals surface area contributed by atoms with Crippen molar-refractivity contribution in [3.63, 3.8) is 0 Å². The molecule has 3 N–H and O–H groups in total. The van der Waals surface area contributed by atoms with E-state index in [-0.39, 0.29) is 5.91 Å². The third-order valence-electron chi connectivity index (χ3n) is 2.43. The third-order valence-corrected chi connectivity index (χ3v) is 4.22. The Kier molecular flexibility index (Phi) is 4.11. The number of hydrogen-bond acceptors (Lipinski definition) is 4. The third kappa shape index (κ3) is 2.95. The smallest absolute Gasteiger partial charge is 0.247 e. The van der Waals surface area contributed by atoms with Gasteiger partial charge in [-0.15, -0.1) is 11.3 Å². The number of carbonyl (C=O) groups excluding carboxylic acids is 1. The Morgan fingerprint density at radius 1 is 1.61 bits per heavy atom. The van der Waals surface area contributed by atoms with Crippen LogP contribution in [-0.4, -0.2) is 10.9 Å². The SMILES string of the molecule is Cc1cc(NC(=O)C(N)c2cccs2)ncc1Br. The molecule has 2 rings (SSSR count). The number of nitrogens with two attached hydrogens (primary N) is 1. The second kappa shape index (κ2) is 5.60. The summed E-state index contributed by atoms with van der Waals surface area (Å²) in [6, 6.07) is 4.85. The maximum atomic E-state index is 11.9. The number of amides is 1. The van der Waals surface area contributed by atoms with Crippen LogP contribution in [0.25, 0.3) is 0 Å². The van der Waals surface area contributed by atoms with Crippen LogP contribution < -0.4 is 11.1 Å². The molecule has 0 radical (unpaired) electrons. The van der Waals surface area contributed by atoms with Crippen LogP contribution in [0.5, 0.6) is 0 Å². The lowest BCUT2D eigenvalue weighted by molar-refractivity contribution is -0.117. The quantitative estimate of drug-likeness (QED) is 0.911. The Balaban J connectivity index is 2.09. The van der Waals surface area contributed by atoms with Crippen LogP contribution in [0.2, 0.25) is 0 Å². The van der Waals surface area contributed by atoms with E-state index in [1.807, 2.05) is 24.4 Å². The second-order valence-electron chi connectivity index (χ2n) is 3.80. The van der Waals surface area contributed by atoms with Gasteiger partial charge >= 0.3 is 0 Å². The number of carbonyl (C=O) groups is 1. The number of nitrogens with zero attached hydrogens (tertiary/aromatic N) is 1. The molecule has 0 fully saturated rings. The number of anilines is 1. The fourth-order valence-electron chi connectivity index (χ4n) is 1.41. The van der Waals surface area contributed by atoms with Gasteiger partial charge in [0, 0.05) is 15.5 Å². The van der Waals surface area contributed by atoms with E-state index in [0.717, 1.165) is 14.9 Å². The zero-order chi connectivity index (χ0) is 13.1. The number of pyridine rings is 1. The molecule has 18 heavy (non-hydrogen) atoms. The highest BCUT2D eigenvalue weighted by Gasteiger charge is 2.17. The summed E-state index contributed by atoms with van der Waals surface area (Å²) in [5.41, 5.74) is 6.86. The molecule has 1 atom stereocenters. The van der Waals surface area contributed by atoms with Crippen molar-refractivity contribution < 1.29 is 4.79 Å². The lowest BCUT2D eigenvalue weighted by Crippen LogP contribution is -2.27. The fraction of sp³-hybridized carbons (Fsp3) is 0.167. The van der Waals surface area contributed by atoms with Crippen LogP contribution in [-0.2, 0) is 4.79 Å². The molecule has 6 heteroatoms. The average Bonchev–Trinajstić information content (AvgIpc) is 2.86. The highest BCUT2D eigenvalue weighted by molar-refractivity contribution is 9.10. The van der Waals surface area contributed by atoms with E-state index in [1.165, 1.54) is 11.3 Å². The van der Waals surface area contributed by atoms with Crippen molar-refractivity contribution in [3.8, 4) is 0 Å². The van der Waals surface area contributed by atoms with Gasteiger partial charge in [0.15, 0.2) is 0 Å². The van der Waals surface area contributed by atoms with Gasteiger partial charge in [0.1, 0.15) is 11.9 Å². The summed E-state index contributed by atoms with van der Waals surface area (Å²) in [6.07, 6.45) is 1.65. The average molecular weight is 326 g/mol. The minimum Gasteiger partial charge on any atom is -0.316 e. The minimum atomic E-state index is -0.657. The molecule has 0 aliphatic heterocycles. The van der Waals surface area contributed by atoms with Crippen molar-refractivity contribution in [3.05, 3.63) is 44.7 Å². The minimum absolute atomic E-state index is 0.258. The Bertz CT molecular complexity index is 556. The highest BCUT2D eigenvalue weighted by atomic mass is 79.9. The molecule has 2 heterocycles. The van der Waals surface area contributed by atoms with E-state index in [0.29, 0.717) is 5.82 Å². The van der Waals surface area contributed by atoms with Gasteiger partial charge in [-0.3, -0.25) is 4.79 Å². The molecule has 2 aromatic heterocycles. The zero-order valence-electron chi connectivity index (χ0n) is 9.68. The van der Waals surface area contributed by atoms with Crippen LogP contribution in [0.3, 0.4) is 0 Å². The first-order valence-electron chi connectivity index (χ1n) is 5.30. The van der Waals surface area contributed by atoms with E-state index >= 15 is 0 Å². The van der Waals surface area contributed by atoms with Crippen LogP contribution >= 0.6 is 27.3 Å². The molecule has 1 unspecified atom stereocenters. The summed E-state index contributed by atoms with van der Waals surface area (Å²) in [4.78, 5) is 16.9. The van der Waals surface area contributed by atoms with Gasteiger partial charge in [-0.25, -0.2) is 4.98 Å². The summed E-state index contributed by atoms with van der Waals surface area (Å²) in [7, 11) is 0. The first-order chi connectivity index (χ1) is 8.58. The van der Waals surface area contributed by atoms with Crippen LogP contribution in [0.1, 0.15) is 16.5 Å². The molecule has 0 spiro atoms. The Morgan fingerprint density at radius 3 is 3.00 bits per heavy atom. The normalized spacial score (nSPS) is 12.2. The molecule has 1 amide bonds. The monoisotopic (exact) mass is 325 g/mol. The molecule has 94 valence electrons. The molecule has 0 aliphatic carbocycles. The number of nitrogens with one attached hydrogen (secondary N) is 1. The molecule has 2 aromatic rings. The largest absolute Gasteiger partial charge is 0.316 e. The van der Waals surface area contributed by atoms with Crippen LogP contribution in [0.4, 0.5) is 5.82 Å². The fourth-order valence-corrected chi connectivity index (χ4v) is 2.35. The molecule has 0 aliphatic rings. The topological polar surface area (TPSA) is 68.0 Å². The summed E-state index contributed by atoms with van der Waals surface area (Å²) in [5, 5.41) is 4.60. The Hall–Kier alpha value is -1.24. The van der Waals surface area contributed by atoms with Crippen molar-refractivity contribution >= 4 is 39.0 Å². The molecule has 0 bridgehead atoms. The summed E-state index contributed by atoms with van der Waals surface area (Å²) >= 11 is 4.82. The molecule has 0 saturated carbocycles. The van der Waals surface area contributed by atoms with E-state index in [1.54, 1.807) is 12.3 Å². The first kappa shape index (κ1) is 13.2. The number of halogens is 1. The Morgan fingerprint density at radius 2 is 2.39 bits per heavy atom. The van der Waals surface area contributed by atoms with Crippen molar-refractivity contribution in [2.75, 3.05) is 5.32 Å². The zero-order valence-corrected chi connectivity index (χ0v) is 12.1. The van der Waals surface area contributed by atoms with Crippen molar-refractivity contribution in [1.29, 1.82) is 0 Å². The lowest BCUT2D eigenvalue weighted by Gasteiger charge is -2.10. The number of aryl methyl sites for hydroxylation is 1. The summed E-state index contributed by atoms with van der Waals surface area (Å²) < 4.78 is 0.906. The van der Waals surface area contributed by atoms with Crippen molar-refractivity contribution in [1.82, 2.24) is 4.98 Å². The lowest BCUT2D eigenvalue weighted by atomic mass is 10.2. The molecule has 4 nitrogen and oxygen atoms in total. The molecule has 0 aromatic carbocycles. The highest BCUT2D eigenvalue weighted by Crippen LogP contribution is 2.20. The van der Waals surface area contributed by atoms with E-state index in [4.69, 9.17) is 5.73 Å². The van der Waals surface area contributed by atoms with Gasteiger partial charge < -0.3 is 11.1 Å². The van der Waals surface area contributed by atoms with E-state index in [2.05, 4.69) is 26.2 Å². The molecule has 0 saturated heterocycles. The number of hydrogen-bond donors (Lipinski definition) is 2. The number of aromatic nitrogens is 1. The molecular formula is C12H12BrN3OS. The molecular weight excluding hydrogens is 314 g/mol. The van der Waals surface area contributed by atoms with Crippen LogP contribution in [0.15, 0.2) is 34.2 Å². The van der Waals surface area contributed by atoms with Gasteiger partial charge in [-0.05, 0) is 45.9 Å². The number of rotatable bonds is 3. The predicted octanol–water partition coefficient (Wildman–Crippen LogP) is 2.85. The maximum absolute atomic E-state index is 11.9. The van der Waals surface area contributed by atoms with Gasteiger partial charge in [0.25, 0.3) is 0 Å².